The van der Waals surface area contributed by atoms with E-state index >= 15 is 0 Å². The number of carbonyl (C=O) groups is 1. The van der Waals surface area contributed by atoms with Gasteiger partial charge in [0.15, 0.2) is 0 Å². The molecule has 80 valence electrons. The second-order valence-electron chi connectivity index (χ2n) is 4.10. The highest BCUT2D eigenvalue weighted by atomic mass is 16.5. The predicted octanol–water partition coefficient (Wildman–Crippen LogP) is -0.157. The van der Waals surface area contributed by atoms with Gasteiger partial charge < -0.3 is 15.0 Å². The molecular weight excluding hydrogens is 180 g/mol. The van der Waals surface area contributed by atoms with Crippen molar-refractivity contribution >= 4 is 5.91 Å². The van der Waals surface area contributed by atoms with Crippen molar-refractivity contribution in [3.8, 4) is 0 Å². The third kappa shape index (κ3) is 1.77. The minimum Gasteiger partial charge on any atom is -0.384 e. The number of ether oxygens (including phenoxy) is 1. The van der Waals surface area contributed by atoms with Crippen LogP contribution in [0.1, 0.15) is 12.8 Å². The topological polar surface area (TPSA) is 41.6 Å². The van der Waals surface area contributed by atoms with E-state index in [0.717, 1.165) is 26.1 Å². The normalized spacial score (nSPS) is 30.8. The Morgan fingerprint density at radius 2 is 2.43 bits per heavy atom. The SMILES string of the molecule is COCCC(=O)N1CC[C@H]2CNC[C@H]21. The number of fused-ring (bicyclic) bond motifs is 1. The van der Waals surface area contributed by atoms with E-state index in [1.54, 1.807) is 7.11 Å². The lowest BCUT2D eigenvalue weighted by Crippen LogP contribution is -2.39. The number of carbonyl (C=O) groups excluding carboxylic acids is 1. The number of likely N-dealkylation sites (tertiary alicyclic amines) is 1. The highest BCUT2D eigenvalue weighted by Gasteiger charge is 2.39. The second-order valence-corrected chi connectivity index (χ2v) is 4.10. The molecule has 1 amide bonds. The van der Waals surface area contributed by atoms with Crippen LogP contribution in [-0.4, -0.2) is 50.2 Å². The first-order valence-electron chi connectivity index (χ1n) is 5.32. The fraction of sp³-hybridized carbons (Fsp3) is 0.900. The number of rotatable bonds is 3. The molecule has 0 aromatic carbocycles. The monoisotopic (exact) mass is 198 g/mol. The van der Waals surface area contributed by atoms with Crippen molar-refractivity contribution in [2.24, 2.45) is 5.92 Å². The van der Waals surface area contributed by atoms with Gasteiger partial charge in [0.1, 0.15) is 0 Å². The minimum atomic E-state index is 0.253. The van der Waals surface area contributed by atoms with E-state index in [4.69, 9.17) is 4.74 Å². The molecule has 0 aromatic rings. The van der Waals surface area contributed by atoms with Crippen LogP contribution in [0, 0.1) is 5.92 Å². The molecule has 0 spiro atoms. The van der Waals surface area contributed by atoms with Crippen LogP contribution < -0.4 is 5.32 Å². The quantitative estimate of drug-likeness (QED) is 0.685. The summed E-state index contributed by atoms with van der Waals surface area (Å²) in [5.74, 6) is 0.949. The van der Waals surface area contributed by atoms with Crippen LogP contribution in [0.2, 0.25) is 0 Å². The predicted molar refractivity (Wildman–Crippen MR) is 53.0 cm³/mol. The van der Waals surface area contributed by atoms with E-state index < -0.39 is 0 Å². The molecule has 2 rings (SSSR count). The van der Waals surface area contributed by atoms with Crippen LogP contribution in [0.25, 0.3) is 0 Å². The number of hydrogen-bond acceptors (Lipinski definition) is 3. The maximum atomic E-state index is 11.8. The van der Waals surface area contributed by atoms with Gasteiger partial charge in [-0.05, 0) is 12.3 Å². The van der Waals surface area contributed by atoms with Gasteiger partial charge in [-0.2, -0.15) is 0 Å². The van der Waals surface area contributed by atoms with E-state index in [9.17, 15) is 4.79 Å². The van der Waals surface area contributed by atoms with E-state index in [2.05, 4.69) is 5.32 Å². The molecule has 2 heterocycles. The molecule has 2 fully saturated rings. The average molecular weight is 198 g/mol. The van der Waals surface area contributed by atoms with Crippen molar-refractivity contribution < 1.29 is 9.53 Å². The van der Waals surface area contributed by atoms with E-state index in [-0.39, 0.29) is 5.91 Å². The van der Waals surface area contributed by atoms with Gasteiger partial charge in [-0.25, -0.2) is 0 Å². The summed E-state index contributed by atoms with van der Waals surface area (Å²) in [6.45, 7) is 3.54. The molecule has 2 saturated heterocycles. The van der Waals surface area contributed by atoms with Crippen LogP contribution >= 0.6 is 0 Å². The van der Waals surface area contributed by atoms with Crippen LogP contribution in [0.3, 0.4) is 0 Å². The van der Waals surface area contributed by atoms with Crippen LogP contribution in [0.4, 0.5) is 0 Å². The summed E-state index contributed by atoms with van der Waals surface area (Å²) in [6, 6.07) is 0.458. The van der Waals surface area contributed by atoms with Gasteiger partial charge in [-0.1, -0.05) is 0 Å². The Labute approximate surface area is 84.6 Å². The molecule has 0 aromatic heterocycles. The molecule has 1 N–H and O–H groups in total. The number of methoxy groups -OCH3 is 1. The Kier molecular flexibility index (Phi) is 3.03. The van der Waals surface area contributed by atoms with E-state index in [0.29, 0.717) is 25.0 Å². The zero-order chi connectivity index (χ0) is 9.97. The lowest BCUT2D eigenvalue weighted by Gasteiger charge is -2.23. The second kappa shape index (κ2) is 4.28. The number of nitrogens with one attached hydrogen (secondary N) is 1. The molecule has 2 aliphatic heterocycles. The van der Waals surface area contributed by atoms with Crippen molar-refractivity contribution in [2.75, 3.05) is 33.4 Å². The van der Waals surface area contributed by atoms with Crippen LogP contribution in [0.5, 0.6) is 0 Å². The third-order valence-electron chi connectivity index (χ3n) is 3.29. The minimum absolute atomic E-state index is 0.253. The van der Waals surface area contributed by atoms with Gasteiger partial charge in [0.05, 0.1) is 13.0 Å². The van der Waals surface area contributed by atoms with Crippen molar-refractivity contribution in [1.29, 1.82) is 0 Å². The van der Waals surface area contributed by atoms with Crippen molar-refractivity contribution in [3.05, 3.63) is 0 Å². The maximum Gasteiger partial charge on any atom is 0.225 e. The molecule has 4 nitrogen and oxygen atoms in total. The zero-order valence-electron chi connectivity index (χ0n) is 8.66. The molecule has 0 saturated carbocycles. The molecule has 0 radical (unpaired) electrons. The van der Waals surface area contributed by atoms with Gasteiger partial charge in [-0.15, -0.1) is 0 Å². The zero-order valence-corrected chi connectivity index (χ0v) is 8.66. The lowest BCUT2D eigenvalue weighted by molar-refractivity contribution is -0.132. The fourth-order valence-electron chi connectivity index (χ4n) is 2.49. The van der Waals surface area contributed by atoms with Gasteiger partial charge in [-0.3, -0.25) is 4.79 Å². The van der Waals surface area contributed by atoms with Gasteiger partial charge >= 0.3 is 0 Å². The lowest BCUT2D eigenvalue weighted by atomic mass is 10.1. The Morgan fingerprint density at radius 3 is 3.21 bits per heavy atom. The van der Waals surface area contributed by atoms with Crippen LogP contribution in [0.15, 0.2) is 0 Å². The third-order valence-corrected chi connectivity index (χ3v) is 3.29. The summed E-state index contributed by atoms with van der Waals surface area (Å²) in [4.78, 5) is 13.8. The summed E-state index contributed by atoms with van der Waals surface area (Å²) in [7, 11) is 1.64. The fourth-order valence-corrected chi connectivity index (χ4v) is 2.49. The molecule has 2 atom stereocenters. The highest BCUT2D eigenvalue weighted by molar-refractivity contribution is 5.77. The number of nitrogens with zero attached hydrogens (tertiary/aromatic N) is 1. The standard InChI is InChI=1S/C10H18N2O2/c1-14-5-3-10(13)12-4-2-8-6-11-7-9(8)12/h8-9,11H,2-7H2,1H3/t8-,9+/m0/s1. The smallest absolute Gasteiger partial charge is 0.225 e. The highest BCUT2D eigenvalue weighted by Crippen LogP contribution is 2.27. The summed E-state index contributed by atoms with van der Waals surface area (Å²) < 4.78 is 4.92. The first kappa shape index (κ1) is 9.93. The number of amides is 1. The summed E-state index contributed by atoms with van der Waals surface area (Å²) in [5.41, 5.74) is 0. The molecule has 2 aliphatic rings. The van der Waals surface area contributed by atoms with Gasteiger partial charge in [0.25, 0.3) is 0 Å². The Morgan fingerprint density at radius 1 is 1.57 bits per heavy atom. The Balaban J connectivity index is 1.88. The van der Waals surface area contributed by atoms with Crippen molar-refractivity contribution in [2.45, 2.75) is 18.9 Å². The van der Waals surface area contributed by atoms with Crippen molar-refractivity contribution in [1.82, 2.24) is 10.2 Å². The number of hydrogen-bond donors (Lipinski definition) is 1. The molecule has 4 heteroatoms. The van der Waals surface area contributed by atoms with Crippen LogP contribution in [-0.2, 0) is 9.53 Å². The summed E-state index contributed by atoms with van der Waals surface area (Å²) in [5, 5.41) is 3.34. The van der Waals surface area contributed by atoms with Gasteiger partial charge in [0, 0.05) is 32.8 Å². The first-order valence-corrected chi connectivity index (χ1v) is 5.32. The van der Waals surface area contributed by atoms with Gasteiger partial charge in [0.2, 0.25) is 5.91 Å². The van der Waals surface area contributed by atoms with Crippen molar-refractivity contribution in [3.63, 3.8) is 0 Å². The Bertz CT molecular complexity index is 220. The molecule has 14 heavy (non-hydrogen) atoms. The van der Waals surface area contributed by atoms with E-state index in [1.807, 2.05) is 4.90 Å². The largest absolute Gasteiger partial charge is 0.384 e. The summed E-state index contributed by atoms with van der Waals surface area (Å²) >= 11 is 0. The first-order chi connectivity index (χ1) is 6.83. The Hall–Kier alpha value is -0.610. The maximum absolute atomic E-state index is 11.8. The molecule has 0 unspecified atom stereocenters. The average Bonchev–Trinajstić information content (AvgIpc) is 2.74. The molecular formula is C10H18N2O2. The summed E-state index contributed by atoms with van der Waals surface area (Å²) in [6.07, 6.45) is 1.69. The van der Waals surface area contributed by atoms with E-state index in [1.165, 1.54) is 0 Å². The molecule has 0 bridgehead atoms. The molecule has 0 aliphatic carbocycles.